The number of hydrogen-bond donors (Lipinski definition) is 1. The van der Waals surface area contributed by atoms with Crippen LogP contribution in [0.1, 0.15) is 52.4 Å². The van der Waals surface area contributed by atoms with Gasteiger partial charge in [-0.05, 0) is 44.0 Å². The third-order valence-electron chi connectivity index (χ3n) is 6.83. The zero-order chi connectivity index (χ0) is 27.0. The number of carbonyl (C=O) groups is 2. The highest BCUT2D eigenvalue weighted by molar-refractivity contribution is 6.32. The first-order valence-electron chi connectivity index (χ1n) is 12.4. The number of ether oxygens (including phenoxy) is 3. The predicted octanol–water partition coefficient (Wildman–Crippen LogP) is 6.37. The number of Topliss-reactive ketones (excluding diaryl/α,β-unsaturated/α-hetero) is 1. The van der Waals surface area contributed by atoms with E-state index in [1.54, 1.807) is 25.1 Å². The third-order valence-corrected chi connectivity index (χ3v) is 7.11. The molecule has 0 unspecified atom stereocenters. The van der Waals surface area contributed by atoms with Crippen LogP contribution in [0.15, 0.2) is 77.5 Å². The Bertz CT molecular complexity index is 1500. The molecule has 1 aliphatic carbocycles. The number of esters is 1. The topological polar surface area (TPSA) is 73.9 Å². The van der Waals surface area contributed by atoms with E-state index < -0.39 is 11.9 Å². The number of methoxy groups -OCH3 is 1. The third kappa shape index (κ3) is 4.45. The summed E-state index contributed by atoms with van der Waals surface area (Å²) in [5, 5.41) is 3.62. The number of fused-ring (bicyclic) bond motifs is 2. The number of aryl methyl sites for hydroxylation is 1. The van der Waals surface area contributed by atoms with Crippen molar-refractivity contribution >= 4 is 29.1 Å². The predicted molar refractivity (Wildman–Crippen MR) is 146 cm³/mol. The van der Waals surface area contributed by atoms with E-state index in [0.29, 0.717) is 56.8 Å². The molecular formula is C31H28ClNO5. The fraction of sp³-hybridized carbons (Fsp3) is 0.226. The van der Waals surface area contributed by atoms with Crippen molar-refractivity contribution < 1.29 is 23.8 Å². The smallest absolute Gasteiger partial charge is 0.336 e. The number of rotatable bonds is 7. The summed E-state index contributed by atoms with van der Waals surface area (Å²) in [7, 11) is 1.53. The van der Waals surface area contributed by atoms with E-state index in [0.717, 1.165) is 16.7 Å². The molecule has 194 valence electrons. The van der Waals surface area contributed by atoms with Gasteiger partial charge in [-0.15, -0.1) is 0 Å². The molecule has 0 spiro atoms. The van der Waals surface area contributed by atoms with Gasteiger partial charge in [-0.2, -0.15) is 0 Å². The minimum atomic E-state index is -0.706. The lowest BCUT2D eigenvalue weighted by molar-refractivity contribution is -0.138. The molecule has 0 saturated carbocycles. The van der Waals surface area contributed by atoms with Crippen LogP contribution in [0.4, 0.5) is 0 Å². The first-order chi connectivity index (χ1) is 18.3. The van der Waals surface area contributed by atoms with Gasteiger partial charge in [0.15, 0.2) is 17.3 Å². The first-order valence-corrected chi connectivity index (χ1v) is 12.8. The zero-order valence-electron chi connectivity index (χ0n) is 21.7. The van der Waals surface area contributed by atoms with E-state index in [1.165, 1.54) is 7.11 Å². The molecule has 0 radical (unpaired) electrons. The van der Waals surface area contributed by atoms with Crippen LogP contribution in [0, 0.1) is 6.92 Å². The summed E-state index contributed by atoms with van der Waals surface area (Å²) in [5.41, 5.74) is 6.32. The Morgan fingerprint density at radius 1 is 1.03 bits per heavy atom. The highest BCUT2D eigenvalue weighted by Gasteiger charge is 2.43. The molecule has 1 N–H and O–H groups in total. The van der Waals surface area contributed by atoms with E-state index in [9.17, 15) is 9.59 Å². The van der Waals surface area contributed by atoms with Crippen LogP contribution < -0.4 is 14.8 Å². The van der Waals surface area contributed by atoms with E-state index in [-0.39, 0.29) is 12.4 Å². The van der Waals surface area contributed by atoms with Gasteiger partial charge in [0.1, 0.15) is 6.61 Å². The fourth-order valence-corrected chi connectivity index (χ4v) is 5.30. The molecule has 3 aromatic carbocycles. The summed E-state index contributed by atoms with van der Waals surface area (Å²) >= 11 is 6.76. The summed E-state index contributed by atoms with van der Waals surface area (Å²) < 4.78 is 17.2. The summed E-state index contributed by atoms with van der Waals surface area (Å²) in [6.07, 6.45) is 0. The van der Waals surface area contributed by atoms with Crippen molar-refractivity contribution in [2.75, 3.05) is 13.7 Å². The SMILES string of the molecule is CCOC(=O)C1=C(C)NC2=C(C(=O)c3ccccc32)[C@H]1c1cc(Cl)c(OCc2ccc(C)cc2)c(OC)c1. The molecule has 3 aromatic rings. The summed E-state index contributed by atoms with van der Waals surface area (Å²) in [4.78, 5) is 26.9. The van der Waals surface area contributed by atoms with E-state index in [4.69, 9.17) is 25.8 Å². The Morgan fingerprint density at radius 2 is 1.74 bits per heavy atom. The molecule has 0 aromatic heterocycles. The summed E-state index contributed by atoms with van der Waals surface area (Å²) in [6.45, 7) is 6.10. The van der Waals surface area contributed by atoms with Gasteiger partial charge in [0.05, 0.1) is 30.0 Å². The van der Waals surface area contributed by atoms with Gasteiger partial charge in [0.25, 0.3) is 0 Å². The van der Waals surface area contributed by atoms with Crippen molar-refractivity contribution in [3.05, 3.63) is 110 Å². The summed E-state index contributed by atoms with van der Waals surface area (Å²) in [6, 6.07) is 19.0. The molecule has 5 rings (SSSR count). The lowest BCUT2D eigenvalue weighted by Gasteiger charge is -2.29. The molecular weight excluding hydrogens is 502 g/mol. The van der Waals surface area contributed by atoms with Gasteiger partial charge in [-0.1, -0.05) is 65.7 Å². The molecule has 6 nitrogen and oxygen atoms in total. The van der Waals surface area contributed by atoms with E-state index >= 15 is 0 Å². The Kier molecular flexibility index (Phi) is 7.00. The van der Waals surface area contributed by atoms with Gasteiger partial charge in [-0.3, -0.25) is 4.79 Å². The Labute approximate surface area is 226 Å². The maximum Gasteiger partial charge on any atom is 0.336 e. The fourth-order valence-electron chi connectivity index (χ4n) is 5.03. The molecule has 7 heteroatoms. The van der Waals surface area contributed by atoms with Crippen molar-refractivity contribution in [3.8, 4) is 11.5 Å². The second-order valence-electron chi connectivity index (χ2n) is 9.29. The molecule has 1 aliphatic heterocycles. The molecule has 1 atom stereocenters. The second kappa shape index (κ2) is 10.4. The van der Waals surface area contributed by atoms with Crippen LogP contribution in [0.25, 0.3) is 5.70 Å². The largest absolute Gasteiger partial charge is 0.493 e. The number of carbonyl (C=O) groups excluding carboxylic acids is 2. The monoisotopic (exact) mass is 529 g/mol. The Morgan fingerprint density at radius 3 is 2.42 bits per heavy atom. The minimum Gasteiger partial charge on any atom is -0.493 e. The highest BCUT2D eigenvalue weighted by Crippen LogP contribution is 2.49. The number of benzene rings is 3. The molecule has 0 fully saturated rings. The lowest BCUT2D eigenvalue weighted by atomic mass is 9.79. The molecule has 2 aliphatic rings. The first kappa shape index (κ1) is 25.6. The van der Waals surface area contributed by atoms with E-state index in [1.807, 2.05) is 56.3 Å². The average molecular weight is 530 g/mol. The van der Waals surface area contributed by atoms with Crippen LogP contribution in [-0.2, 0) is 16.1 Å². The van der Waals surface area contributed by atoms with Gasteiger partial charge in [-0.25, -0.2) is 4.79 Å². The number of ketones is 1. The number of halogens is 1. The summed E-state index contributed by atoms with van der Waals surface area (Å²) in [5.74, 6) is -0.544. The van der Waals surface area contributed by atoms with Crippen molar-refractivity contribution in [2.24, 2.45) is 0 Å². The quantitative estimate of drug-likeness (QED) is 0.359. The van der Waals surface area contributed by atoms with E-state index in [2.05, 4.69) is 5.32 Å². The number of nitrogens with one attached hydrogen (secondary N) is 1. The molecule has 0 saturated heterocycles. The van der Waals surface area contributed by atoms with Crippen molar-refractivity contribution in [2.45, 2.75) is 33.3 Å². The van der Waals surface area contributed by atoms with Crippen LogP contribution in [-0.4, -0.2) is 25.5 Å². The van der Waals surface area contributed by atoms with Crippen LogP contribution in [0.3, 0.4) is 0 Å². The number of dihydropyridines is 1. The number of allylic oxidation sites excluding steroid dienone is 2. The van der Waals surface area contributed by atoms with Gasteiger partial charge in [0, 0.05) is 28.3 Å². The van der Waals surface area contributed by atoms with Gasteiger partial charge < -0.3 is 19.5 Å². The van der Waals surface area contributed by atoms with Crippen LogP contribution >= 0.6 is 11.6 Å². The van der Waals surface area contributed by atoms with Crippen LogP contribution in [0.2, 0.25) is 5.02 Å². The highest BCUT2D eigenvalue weighted by atomic mass is 35.5. The van der Waals surface area contributed by atoms with Crippen LogP contribution in [0.5, 0.6) is 11.5 Å². The molecule has 38 heavy (non-hydrogen) atoms. The molecule has 1 heterocycles. The van der Waals surface area contributed by atoms with Crippen molar-refractivity contribution in [1.82, 2.24) is 5.32 Å². The minimum absolute atomic E-state index is 0.141. The molecule has 0 bridgehead atoms. The number of hydrogen-bond acceptors (Lipinski definition) is 6. The molecule has 0 amide bonds. The van der Waals surface area contributed by atoms with Crippen molar-refractivity contribution in [3.63, 3.8) is 0 Å². The lowest BCUT2D eigenvalue weighted by Crippen LogP contribution is -2.29. The Balaban J connectivity index is 1.60. The standard InChI is InChI=1S/C31H28ClNO5/c1-5-37-31(35)25-18(3)33-28-21-8-6-7-9-22(21)29(34)27(28)26(25)20-14-23(32)30(24(15-20)36-4)38-16-19-12-10-17(2)11-13-19/h6-15,26,33H,5,16H2,1-4H3/t26-/m0/s1. The average Bonchev–Trinajstić information content (AvgIpc) is 3.19. The van der Waals surface area contributed by atoms with Gasteiger partial charge in [0.2, 0.25) is 0 Å². The Hall–Kier alpha value is -4.03. The maximum atomic E-state index is 13.7. The second-order valence-corrected chi connectivity index (χ2v) is 9.70. The maximum absolute atomic E-state index is 13.7. The van der Waals surface area contributed by atoms with Crippen molar-refractivity contribution in [1.29, 1.82) is 0 Å². The van der Waals surface area contributed by atoms with Gasteiger partial charge >= 0.3 is 5.97 Å². The normalized spacial score (nSPS) is 16.1. The zero-order valence-corrected chi connectivity index (χ0v) is 22.4.